The summed E-state index contributed by atoms with van der Waals surface area (Å²) in [6.45, 7) is 7.45. The SMILES string of the molecule is CN(C)c1nccc(N2CC[C@@H](NC(=O)[C@@H]3C[C@@H](O)CN3C(=O)[C@@H](n3cc(C4CC4)nn3)C(C)(C)C)C2)n1. The largest absolute Gasteiger partial charge is 0.391 e. The Labute approximate surface area is 223 Å². The average Bonchev–Trinajstić information content (AvgIpc) is 3.23. The van der Waals surface area contributed by atoms with Gasteiger partial charge >= 0.3 is 0 Å². The number of aromatic nitrogens is 5. The zero-order chi connectivity index (χ0) is 27.2. The third kappa shape index (κ3) is 5.45. The number of hydrogen-bond donors (Lipinski definition) is 2. The van der Waals surface area contributed by atoms with Crippen molar-refractivity contribution >= 4 is 23.6 Å². The summed E-state index contributed by atoms with van der Waals surface area (Å²) in [5.41, 5.74) is 0.449. The number of nitrogens with one attached hydrogen (secondary N) is 1. The Balaban J connectivity index is 1.27. The Hall–Kier alpha value is -3.28. The van der Waals surface area contributed by atoms with Crippen molar-refractivity contribution in [2.75, 3.05) is 43.5 Å². The minimum Gasteiger partial charge on any atom is -0.391 e. The van der Waals surface area contributed by atoms with Crippen molar-refractivity contribution in [2.24, 2.45) is 5.41 Å². The van der Waals surface area contributed by atoms with Gasteiger partial charge in [0.2, 0.25) is 17.8 Å². The van der Waals surface area contributed by atoms with Gasteiger partial charge in [0, 0.05) is 64.5 Å². The standard InChI is InChI=1S/C26H39N9O3/c1-26(2,3)22(35-15-19(30-31-35)16-6-7-16)24(38)34-14-18(36)12-20(34)23(37)28-17-9-11-33(13-17)21-8-10-27-25(29-21)32(4)5/h8,10,15-18,20,22,36H,6-7,9,11-14H2,1-5H3,(H,28,37)/t17-,18-,20+,22-/m1/s1. The highest BCUT2D eigenvalue weighted by Gasteiger charge is 2.46. The molecule has 2 amide bonds. The number of aliphatic hydroxyl groups is 1. The van der Waals surface area contributed by atoms with Gasteiger partial charge < -0.3 is 25.1 Å². The molecule has 0 spiro atoms. The molecule has 2 N–H and O–H groups in total. The van der Waals surface area contributed by atoms with Crippen molar-refractivity contribution in [3.63, 3.8) is 0 Å². The molecule has 4 atom stereocenters. The highest BCUT2D eigenvalue weighted by molar-refractivity contribution is 5.90. The van der Waals surface area contributed by atoms with Gasteiger partial charge in [-0.25, -0.2) is 9.67 Å². The fourth-order valence-electron chi connectivity index (χ4n) is 5.44. The van der Waals surface area contributed by atoms with Gasteiger partial charge in [-0.15, -0.1) is 5.10 Å². The van der Waals surface area contributed by atoms with Crippen LogP contribution in [0.1, 0.15) is 64.1 Å². The summed E-state index contributed by atoms with van der Waals surface area (Å²) >= 11 is 0. The first-order valence-corrected chi connectivity index (χ1v) is 13.5. The molecule has 2 aliphatic heterocycles. The maximum atomic E-state index is 13.9. The molecule has 0 bridgehead atoms. The van der Waals surface area contributed by atoms with E-state index in [0.29, 0.717) is 18.4 Å². The first kappa shape index (κ1) is 26.3. The van der Waals surface area contributed by atoms with Crippen LogP contribution in [0.5, 0.6) is 0 Å². The van der Waals surface area contributed by atoms with E-state index in [9.17, 15) is 14.7 Å². The summed E-state index contributed by atoms with van der Waals surface area (Å²) < 4.78 is 1.65. The Kier molecular flexibility index (Phi) is 7.01. The lowest BCUT2D eigenvalue weighted by Crippen LogP contribution is -2.52. The molecule has 206 valence electrons. The van der Waals surface area contributed by atoms with Gasteiger partial charge in [0.1, 0.15) is 17.9 Å². The minimum atomic E-state index is -0.751. The topological polar surface area (TPSA) is 133 Å². The molecule has 3 fully saturated rings. The van der Waals surface area contributed by atoms with Gasteiger partial charge in [0.05, 0.1) is 11.8 Å². The zero-order valence-electron chi connectivity index (χ0n) is 22.9. The lowest BCUT2D eigenvalue weighted by atomic mass is 9.85. The van der Waals surface area contributed by atoms with Crippen molar-refractivity contribution in [3.05, 3.63) is 24.2 Å². The van der Waals surface area contributed by atoms with Crippen LogP contribution in [0.25, 0.3) is 0 Å². The molecule has 0 radical (unpaired) electrons. The lowest BCUT2D eigenvalue weighted by molar-refractivity contribution is -0.144. The van der Waals surface area contributed by atoms with Crippen LogP contribution in [0.3, 0.4) is 0 Å². The maximum absolute atomic E-state index is 13.9. The Morgan fingerprint density at radius 1 is 1.18 bits per heavy atom. The van der Waals surface area contributed by atoms with Crippen LogP contribution in [0.4, 0.5) is 11.8 Å². The molecule has 0 unspecified atom stereocenters. The molecule has 4 heterocycles. The molecule has 2 saturated heterocycles. The van der Waals surface area contributed by atoms with E-state index in [1.165, 1.54) is 4.90 Å². The normalized spacial score (nSPS) is 24.5. The molecule has 5 rings (SSSR count). The number of amides is 2. The van der Waals surface area contributed by atoms with Crippen LogP contribution in [0.15, 0.2) is 18.5 Å². The van der Waals surface area contributed by atoms with Gasteiger partial charge in [-0.05, 0) is 30.7 Å². The van der Waals surface area contributed by atoms with Crippen molar-refractivity contribution in [3.8, 4) is 0 Å². The number of likely N-dealkylation sites (tertiary alicyclic amines) is 1. The molecule has 1 saturated carbocycles. The van der Waals surface area contributed by atoms with Crippen molar-refractivity contribution in [1.29, 1.82) is 0 Å². The van der Waals surface area contributed by atoms with E-state index in [0.717, 1.165) is 37.3 Å². The quantitative estimate of drug-likeness (QED) is 0.542. The van der Waals surface area contributed by atoms with Crippen LogP contribution in [0, 0.1) is 5.41 Å². The number of nitrogens with zero attached hydrogens (tertiary/aromatic N) is 8. The average molecular weight is 526 g/mol. The zero-order valence-corrected chi connectivity index (χ0v) is 22.9. The van der Waals surface area contributed by atoms with Crippen molar-refractivity contribution < 1.29 is 14.7 Å². The Morgan fingerprint density at radius 2 is 1.95 bits per heavy atom. The van der Waals surface area contributed by atoms with Gasteiger partial charge in [0.25, 0.3) is 0 Å². The minimum absolute atomic E-state index is 0.0789. The summed E-state index contributed by atoms with van der Waals surface area (Å²) in [4.78, 5) is 41.8. The molecule has 3 aliphatic rings. The van der Waals surface area contributed by atoms with E-state index in [1.807, 2.05) is 52.0 Å². The predicted molar refractivity (Wildman–Crippen MR) is 142 cm³/mol. The van der Waals surface area contributed by atoms with Crippen LogP contribution >= 0.6 is 0 Å². The number of carbonyl (C=O) groups excluding carboxylic acids is 2. The third-order valence-corrected chi connectivity index (χ3v) is 7.59. The molecule has 2 aromatic rings. The van der Waals surface area contributed by atoms with E-state index >= 15 is 0 Å². The monoisotopic (exact) mass is 525 g/mol. The first-order chi connectivity index (χ1) is 18.0. The number of anilines is 2. The lowest BCUT2D eigenvalue weighted by Gasteiger charge is -2.34. The fraction of sp³-hybridized carbons (Fsp3) is 0.692. The van der Waals surface area contributed by atoms with Crippen LogP contribution in [0.2, 0.25) is 0 Å². The Morgan fingerprint density at radius 3 is 2.63 bits per heavy atom. The molecule has 1 aliphatic carbocycles. The van der Waals surface area contributed by atoms with Gasteiger partial charge in [-0.3, -0.25) is 9.59 Å². The number of rotatable bonds is 7. The maximum Gasteiger partial charge on any atom is 0.248 e. The fourth-order valence-corrected chi connectivity index (χ4v) is 5.44. The predicted octanol–water partition coefficient (Wildman–Crippen LogP) is 0.956. The molecule has 12 heteroatoms. The smallest absolute Gasteiger partial charge is 0.248 e. The summed E-state index contributed by atoms with van der Waals surface area (Å²) in [6.07, 6.45) is 6.03. The van der Waals surface area contributed by atoms with E-state index in [2.05, 4.69) is 30.5 Å². The highest BCUT2D eigenvalue weighted by atomic mass is 16.3. The number of carbonyl (C=O) groups is 2. The number of hydrogen-bond acceptors (Lipinski definition) is 9. The van der Waals surface area contributed by atoms with Gasteiger partial charge in [0.15, 0.2) is 0 Å². The molecule has 0 aromatic carbocycles. The number of aliphatic hydroxyl groups excluding tert-OH is 1. The molecular formula is C26H39N9O3. The van der Waals surface area contributed by atoms with Crippen LogP contribution < -0.4 is 15.1 Å². The molecular weight excluding hydrogens is 486 g/mol. The Bertz CT molecular complexity index is 1170. The van der Waals surface area contributed by atoms with Crippen molar-refractivity contribution in [1.82, 2.24) is 35.2 Å². The van der Waals surface area contributed by atoms with Crippen LogP contribution in [-0.4, -0.2) is 98.7 Å². The van der Waals surface area contributed by atoms with Crippen molar-refractivity contribution in [2.45, 2.75) is 76.6 Å². The highest BCUT2D eigenvalue weighted by Crippen LogP contribution is 2.40. The van der Waals surface area contributed by atoms with Gasteiger partial charge in [-0.2, -0.15) is 4.98 Å². The number of β-amino-alcohol motifs (C(OH)–C–C–N with tert-alkyl or cyclic N) is 1. The second-order valence-electron chi connectivity index (χ2n) is 12.1. The molecule has 12 nitrogen and oxygen atoms in total. The summed E-state index contributed by atoms with van der Waals surface area (Å²) in [7, 11) is 3.79. The second kappa shape index (κ2) is 10.1. The summed E-state index contributed by atoms with van der Waals surface area (Å²) in [5, 5.41) is 22.2. The third-order valence-electron chi connectivity index (χ3n) is 7.59. The second-order valence-corrected chi connectivity index (χ2v) is 12.1. The van der Waals surface area contributed by atoms with E-state index in [1.54, 1.807) is 10.9 Å². The van der Waals surface area contributed by atoms with E-state index in [4.69, 9.17) is 0 Å². The van der Waals surface area contributed by atoms with E-state index < -0.39 is 23.6 Å². The van der Waals surface area contributed by atoms with Gasteiger partial charge in [-0.1, -0.05) is 26.0 Å². The van der Waals surface area contributed by atoms with Crippen LogP contribution in [-0.2, 0) is 9.59 Å². The first-order valence-electron chi connectivity index (χ1n) is 13.5. The summed E-state index contributed by atoms with van der Waals surface area (Å²) in [5.74, 6) is 1.43. The molecule has 38 heavy (non-hydrogen) atoms. The summed E-state index contributed by atoms with van der Waals surface area (Å²) in [6, 6.07) is 0.428. The van der Waals surface area contributed by atoms with E-state index in [-0.39, 0.29) is 30.8 Å². The molecule has 2 aromatic heterocycles.